The number of nitrogens with one attached hydrogen (secondary N) is 1. The predicted octanol–water partition coefficient (Wildman–Crippen LogP) is 2.05. The van der Waals surface area contributed by atoms with E-state index in [1.807, 2.05) is 89.5 Å². The van der Waals surface area contributed by atoms with Crippen LogP contribution < -0.4 is 154 Å². The summed E-state index contributed by atoms with van der Waals surface area (Å²) in [4.78, 5) is 98.4. The maximum Gasteiger partial charge on any atom is 1.00 e. The molecule has 16 heterocycles. The van der Waals surface area contributed by atoms with Crippen molar-refractivity contribution in [2.75, 3.05) is 46.4 Å². The standard InChI is InChI=1S/C19H17N9O.C18H16N10O.C12H12IN7.C8H12N2O3S.C8H8N2O.C7H10N2O.C5H4IN5.CH2O3.CH4.2ClH.2K.H/c1-2-14-22-6-10(7-23-14)8-28-18-15(17(20)24-9-25-18)16(27-28)11-3-4-13-12(5-11)26-19(21)29-13;19-4-13-22-5-9(6-23-13)7-28-17-14(16(20)24-8-25-17)15(27-28)10-1-2-12-11(3-10)26-18(21)29-12;1-2-8-15-3-7(4-16-8)5-20-12-9(10(13)19-20)11(14)17-6-18-12;1-3-8-9-4-7(5-10-8)6-13-14(2,11)12;1-5-2-3-7-6(4-5)10-8(9)11-7;1-2-7-8-3-6(5-10)4-9-7;6-3-2-4(7)8-1-9-5(2)11-10-3;2-1-4-3;;;;;;/h3-7,9H,2,8H2,1H3,(H2,21,26)(H2,20,24,25);1-3,5-6,8H,4,7,19H2,(H2,21,26)(H2,20,24,25);3-4,6H,2,5H2,1H3,(H2,14,17,18);4-5H,3,6H2,1-2H3;2-4H,1H3,(H2,9,10);3-4,10H,2,5H2,1H3;1H,(H3,7,8,9,10,11);1,3H;1H4;2*1H;;;/q;;;;;;;;;;;2*+1;-1/p-1. The van der Waals surface area contributed by atoms with Crippen LogP contribution in [0.4, 0.5) is 41.3 Å². The number of hydrogen-bond acceptors (Lipinski definition) is 43. The quantitative estimate of drug-likeness (QED) is 0.0147. The fourth-order valence-corrected chi connectivity index (χ4v) is 13.5. The van der Waals surface area contributed by atoms with E-state index >= 15 is 0 Å². The van der Waals surface area contributed by atoms with Crippen LogP contribution in [0.2, 0.25) is 0 Å². The van der Waals surface area contributed by atoms with Crippen molar-refractivity contribution in [1.82, 2.24) is 144 Å². The molecule has 47 nitrogen and oxygen atoms in total. The number of aliphatic hydroxyl groups is 1. The largest absolute Gasteiger partial charge is 1.00 e. The summed E-state index contributed by atoms with van der Waals surface area (Å²) in [7, 11) is -3.39. The monoisotopic (exact) mass is 2150 g/mol. The molecule has 0 amide bonds. The molecular weight excluding hydrogens is 2060 g/mol. The van der Waals surface area contributed by atoms with Gasteiger partial charge < -0.3 is 75.8 Å². The number of H-pyrrole nitrogens is 1. The first-order chi connectivity index (χ1) is 61.8. The number of carbonyl (C=O) groups is 1. The molecule has 18 N–H and O–H groups in total. The molecule has 0 unspecified atom stereocenters. The van der Waals surface area contributed by atoms with Gasteiger partial charge >= 0.3 is 103 Å². The van der Waals surface area contributed by atoms with Crippen molar-refractivity contribution in [1.29, 1.82) is 0 Å². The van der Waals surface area contributed by atoms with Gasteiger partial charge in [-0.3, -0.25) is 14.1 Å². The van der Waals surface area contributed by atoms with Gasteiger partial charge in [0.05, 0.1) is 67.2 Å². The summed E-state index contributed by atoms with van der Waals surface area (Å²) in [5, 5.41) is 40.6. The Labute approximate surface area is 882 Å². The van der Waals surface area contributed by atoms with Crippen molar-refractivity contribution in [3.8, 4) is 22.5 Å². The summed E-state index contributed by atoms with van der Waals surface area (Å²) in [6.45, 7) is 11.5. The number of rotatable bonds is 18. The van der Waals surface area contributed by atoms with Crippen LogP contribution in [-0.2, 0) is 89.1 Å². The Bertz CT molecular complexity index is 6890. The van der Waals surface area contributed by atoms with Crippen LogP contribution >= 0.6 is 70.0 Å². The number of aryl methyl sites for hydroxylation is 5. The van der Waals surface area contributed by atoms with Crippen molar-refractivity contribution >= 4 is 205 Å². The molecule has 0 aliphatic rings. The zero-order valence-corrected chi connectivity index (χ0v) is 84.7. The third-order valence-electron chi connectivity index (χ3n) is 17.8. The van der Waals surface area contributed by atoms with E-state index in [9.17, 15) is 8.42 Å². The van der Waals surface area contributed by atoms with Crippen LogP contribution in [0.3, 0.4) is 0 Å². The number of anilines is 7. The molecule has 19 aromatic rings. The first kappa shape index (κ1) is 109. The molecule has 0 spiro atoms. The van der Waals surface area contributed by atoms with E-state index in [0.717, 1.165) is 129 Å². The summed E-state index contributed by atoms with van der Waals surface area (Å²) in [6.07, 6.45) is 27.0. The Morgan fingerprint density at radius 3 is 1.19 bits per heavy atom. The first-order valence-corrected chi connectivity index (χ1v) is 42.2. The number of nitrogen functional groups attached to an aromatic ring is 7. The zero-order valence-electron chi connectivity index (χ0n) is 72.7. The minimum absolute atomic E-state index is 0. The van der Waals surface area contributed by atoms with Crippen molar-refractivity contribution in [2.24, 2.45) is 5.73 Å². The predicted molar refractivity (Wildman–Crippen MR) is 507 cm³/mol. The van der Waals surface area contributed by atoms with E-state index in [-0.39, 0.29) is 181 Å². The van der Waals surface area contributed by atoms with Crippen LogP contribution in [0.15, 0.2) is 155 Å². The Kier molecular flexibility index (Phi) is 42.5. The molecule has 0 fully saturated rings. The Hall–Kier alpha value is -11.2. The second-order valence-corrected chi connectivity index (χ2v) is 30.5. The maximum atomic E-state index is 10.7. The summed E-state index contributed by atoms with van der Waals surface area (Å²) < 4.78 is 48.7. The number of fused-ring (bicyclic) bond motifs is 7. The smallest absolute Gasteiger partial charge is 1.00 e. The normalized spacial score (nSPS) is 10.5. The van der Waals surface area contributed by atoms with Crippen LogP contribution in [-0.4, -0.2) is 170 Å². The number of aromatic amines is 1. The fourth-order valence-electron chi connectivity index (χ4n) is 11.7. The molecule has 0 bridgehead atoms. The summed E-state index contributed by atoms with van der Waals surface area (Å²) in [6, 6.07) is 17.3. The van der Waals surface area contributed by atoms with Gasteiger partial charge in [-0.1, -0.05) is 41.2 Å². The molecule has 133 heavy (non-hydrogen) atoms. The average Bonchev–Trinajstić information content (AvgIpc) is 1.61. The molecule has 3 aromatic carbocycles. The number of nitrogens with two attached hydrogens (primary N) is 8. The number of halogens is 4. The minimum atomic E-state index is -3.39. The first-order valence-electron chi connectivity index (χ1n) is 38.2. The van der Waals surface area contributed by atoms with E-state index in [4.69, 9.17) is 84.5 Å². The number of benzene rings is 3. The zero-order chi connectivity index (χ0) is 91.1. The molecule has 54 heteroatoms. The average molecular weight is 2150 g/mol. The molecule has 19 rings (SSSR count). The van der Waals surface area contributed by atoms with E-state index in [2.05, 4.69) is 174 Å². The number of oxazole rings is 3. The van der Waals surface area contributed by atoms with Crippen LogP contribution in [0.5, 0.6) is 0 Å². The Morgan fingerprint density at radius 1 is 0.481 bits per heavy atom. The van der Waals surface area contributed by atoms with Gasteiger partial charge in [0.25, 0.3) is 34.6 Å². The van der Waals surface area contributed by atoms with Gasteiger partial charge in [-0.15, -0.1) is 24.8 Å². The fraction of sp³-hybridized carbons (Fsp3) is 0.215. The molecule has 0 saturated heterocycles. The molecular formula is C79H87Cl2I2K2N37O10S. The topological polar surface area (TPSA) is 713 Å². The van der Waals surface area contributed by atoms with Crippen molar-refractivity contribution < 1.29 is 150 Å². The van der Waals surface area contributed by atoms with E-state index < -0.39 is 10.1 Å². The molecule has 0 atom stereocenters. The summed E-state index contributed by atoms with van der Waals surface area (Å²) in [5.74, 6) is 5.36. The molecule has 0 radical (unpaired) electrons. The molecule has 0 aliphatic carbocycles. The van der Waals surface area contributed by atoms with Gasteiger partial charge in [0.1, 0.15) is 113 Å². The third-order valence-corrected chi connectivity index (χ3v) is 19.9. The van der Waals surface area contributed by atoms with E-state index in [1.165, 1.54) is 25.3 Å². The third kappa shape index (κ3) is 29.2. The number of carbonyl (C=O) groups excluding carboxylic acids is 1. The molecule has 684 valence electrons. The van der Waals surface area contributed by atoms with Crippen LogP contribution in [0.1, 0.15) is 99.1 Å². The number of aromatic nitrogens is 29. The number of hydrogen-bond donors (Lipinski definition) is 10. The molecule has 16 aromatic heterocycles. The van der Waals surface area contributed by atoms with Crippen LogP contribution in [0.25, 0.3) is 99.9 Å². The van der Waals surface area contributed by atoms with Crippen molar-refractivity contribution in [3.63, 3.8) is 0 Å². The Balaban J connectivity index is 0.000000246. The SMILES string of the molecule is C.CCc1ncc(CO)cn1.CCc1ncc(COS(C)(=O)=O)cn1.CCc1ncc(Cn2nc(-c3ccc4oc(N)nc4c3)c3c(N)ncnc32)cn1.CCc1ncc(Cn2nc(I)c3c(N)ncnc32)cn1.Cc1ccc2oc(N)nc2c1.Cl.Cl.NCc1ncc(Cn2nc(-c3ccc4oc(N)nc4c3)c3c(N)ncnc32)cn1.Nc1ncnc2n[nH]c(I)c12.O=CO[O-].[H-].[K+].[K+]. The van der Waals surface area contributed by atoms with E-state index in [1.54, 1.807) is 75.8 Å². The van der Waals surface area contributed by atoms with Gasteiger partial charge in [-0.05, 0) is 106 Å². The summed E-state index contributed by atoms with van der Waals surface area (Å²) in [5.41, 5.74) is 60.8. The second kappa shape index (κ2) is 51.9. The van der Waals surface area contributed by atoms with Crippen molar-refractivity contribution in [2.45, 2.75) is 107 Å². The van der Waals surface area contributed by atoms with Gasteiger partial charge in [0.15, 0.2) is 39.3 Å². The number of aliphatic hydroxyl groups excluding tert-OH is 1. The maximum absolute atomic E-state index is 10.7. The van der Waals surface area contributed by atoms with Gasteiger partial charge in [0.2, 0.25) is 0 Å². The molecule has 0 saturated carbocycles. The second-order valence-electron chi connectivity index (χ2n) is 26.8. The van der Waals surface area contributed by atoms with Gasteiger partial charge in [-0.2, -0.15) is 43.8 Å². The van der Waals surface area contributed by atoms with Crippen LogP contribution in [0, 0.1) is 14.3 Å². The number of nitrogens with zero attached hydrogens (tertiary/aromatic N) is 28. The van der Waals surface area contributed by atoms with Crippen molar-refractivity contribution in [3.05, 3.63) is 212 Å². The van der Waals surface area contributed by atoms with Gasteiger partial charge in [-0.25, -0.2) is 104 Å². The van der Waals surface area contributed by atoms with Gasteiger partial charge in [0, 0.05) is 127 Å². The minimum Gasteiger partial charge on any atom is -1.00 e. The molecule has 0 aliphatic heterocycles. The Morgan fingerprint density at radius 2 is 0.820 bits per heavy atom. The summed E-state index contributed by atoms with van der Waals surface area (Å²) >= 11 is 4.24. The van der Waals surface area contributed by atoms with E-state index in [0.29, 0.717) is 116 Å².